The number of fused-ring (bicyclic) bond motifs is 1. The van der Waals surface area contributed by atoms with E-state index in [0.29, 0.717) is 10.1 Å². The van der Waals surface area contributed by atoms with E-state index in [1.807, 2.05) is 0 Å². The van der Waals surface area contributed by atoms with E-state index in [9.17, 15) is 18.0 Å². The molecule has 3 aromatic rings. The second-order valence-electron chi connectivity index (χ2n) is 4.33. The number of hydrogen-bond donors (Lipinski definition) is 1. The van der Waals surface area contributed by atoms with E-state index >= 15 is 0 Å². The first-order chi connectivity index (χ1) is 10.8. The minimum absolute atomic E-state index is 0.00387. The van der Waals surface area contributed by atoms with Gasteiger partial charge in [0.2, 0.25) is 4.96 Å². The summed E-state index contributed by atoms with van der Waals surface area (Å²) in [6, 6.07) is 6.22. The highest BCUT2D eigenvalue weighted by Crippen LogP contribution is 2.32. The van der Waals surface area contributed by atoms with Crippen LogP contribution in [0, 0.1) is 0 Å². The van der Waals surface area contributed by atoms with Crippen LogP contribution in [0.1, 0.15) is 5.82 Å². The Morgan fingerprint density at radius 2 is 2.13 bits per heavy atom. The lowest BCUT2D eigenvalue weighted by Crippen LogP contribution is -2.11. The van der Waals surface area contributed by atoms with Crippen molar-refractivity contribution in [3.8, 4) is 16.3 Å². The Morgan fingerprint density at radius 1 is 1.35 bits per heavy atom. The molecule has 0 radical (unpaired) electrons. The molecule has 2 heterocycles. The van der Waals surface area contributed by atoms with Gasteiger partial charge in [0.1, 0.15) is 10.8 Å². The molecule has 0 amide bonds. The van der Waals surface area contributed by atoms with Gasteiger partial charge in [-0.1, -0.05) is 23.5 Å². The molecule has 23 heavy (non-hydrogen) atoms. The molecule has 0 aliphatic rings. The van der Waals surface area contributed by atoms with Crippen LogP contribution in [0.25, 0.3) is 15.5 Å². The van der Waals surface area contributed by atoms with Gasteiger partial charge < -0.3 is 9.84 Å². The smallest absolute Gasteiger partial charge is 0.453 e. The maximum atomic E-state index is 12.8. The van der Waals surface area contributed by atoms with Gasteiger partial charge in [-0.05, 0) is 12.1 Å². The number of benzene rings is 1. The topological polar surface area (TPSA) is 89.6 Å². The van der Waals surface area contributed by atoms with E-state index in [-0.39, 0.29) is 15.7 Å². The van der Waals surface area contributed by atoms with Crippen LogP contribution >= 0.6 is 11.3 Å². The van der Waals surface area contributed by atoms with Crippen LogP contribution in [0.2, 0.25) is 0 Å². The summed E-state index contributed by atoms with van der Waals surface area (Å²) < 4.78 is 44.0. The Morgan fingerprint density at radius 3 is 2.83 bits per heavy atom. The third kappa shape index (κ3) is 3.08. The number of carboxylic acid groups (broad SMARTS) is 1. The standard InChI is InChI=1S/C12H7F3N4O3S/c13-12(14,15)10-16-17-11-19(10)18-9(23-11)6-2-1-3-7(4-6)22-5-8(20)21/h1-4H,5H2,(H,20,21). The molecule has 0 aliphatic carbocycles. The fourth-order valence-electron chi connectivity index (χ4n) is 1.77. The first kappa shape index (κ1) is 15.2. The Labute approximate surface area is 130 Å². The maximum Gasteiger partial charge on any atom is 0.453 e. The molecule has 120 valence electrons. The molecule has 2 aromatic heterocycles. The lowest BCUT2D eigenvalue weighted by molar-refractivity contribution is -0.146. The van der Waals surface area contributed by atoms with E-state index in [4.69, 9.17) is 9.84 Å². The zero-order valence-electron chi connectivity index (χ0n) is 11.1. The molecule has 0 aliphatic heterocycles. The predicted molar refractivity (Wildman–Crippen MR) is 72.2 cm³/mol. The van der Waals surface area contributed by atoms with Crippen LogP contribution in [0.3, 0.4) is 0 Å². The van der Waals surface area contributed by atoms with Crippen molar-refractivity contribution < 1.29 is 27.8 Å². The summed E-state index contributed by atoms with van der Waals surface area (Å²) in [5.41, 5.74) is 0.483. The summed E-state index contributed by atoms with van der Waals surface area (Å²) in [7, 11) is 0. The van der Waals surface area contributed by atoms with Crippen molar-refractivity contribution >= 4 is 22.3 Å². The van der Waals surface area contributed by atoms with Gasteiger partial charge >= 0.3 is 12.1 Å². The van der Waals surface area contributed by atoms with Gasteiger partial charge in [-0.25, -0.2) is 4.79 Å². The van der Waals surface area contributed by atoms with Gasteiger partial charge in [0, 0.05) is 5.56 Å². The molecule has 0 saturated heterocycles. The molecule has 0 bridgehead atoms. The number of aromatic nitrogens is 4. The molecule has 0 atom stereocenters. The van der Waals surface area contributed by atoms with Crippen molar-refractivity contribution in [2.24, 2.45) is 0 Å². The highest BCUT2D eigenvalue weighted by atomic mass is 32.1. The van der Waals surface area contributed by atoms with Crippen molar-refractivity contribution in [3.05, 3.63) is 30.1 Å². The Hall–Kier alpha value is -2.69. The number of ether oxygens (including phenoxy) is 1. The number of aliphatic carboxylic acids is 1. The number of carboxylic acids is 1. The van der Waals surface area contributed by atoms with Gasteiger partial charge in [0.15, 0.2) is 6.61 Å². The van der Waals surface area contributed by atoms with Gasteiger partial charge in [-0.3, -0.25) is 0 Å². The highest BCUT2D eigenvalue weighted by molar-refractivity contribution is 7.19. The molecular formula is C12H7F3N4O3S. The number of carbonyl (C=O) groups is 1. The molecule has 0 spiro atoms. The maximum absolute atomic E-state index is 12.8. The van der Waals surface area contributed by atoms with E-state index in [0.717, 1.165) is 11.3 Å². The monoisotopic (exact) mass is 344 g/mol. The van der Waals surface area contributed by atoms with Gasteiger partial charge in [-0.15, -0.1) is 10.2 Å². The van der Waals surface area contributed by atoms with Crippen LogP contribution in [0.4, 0.5) is 13.2 Å². The highest BCUT2D eigenvalue weighted by Gasteiger charge is 2.38. The van der Waals surface area contributed by atoms with Crippen molar-refractivity contribution in [2.45, 2.75) is 6.18 Å². The average Bonchev–Trinajstić information content (AvgIpc) is 3.04. The quantitative estimate of drug-likeness (QED) is 0.781. The van der Waals surface area contributed by atoms with Gasteiger partial charge in [-0.2, -0.15) is 22.8 Å². The lowest BCUT2D eigenvalue weighted by atomic mass is 10.2. The average molecular weight is 344 g/mol. The lowest BCUT2D eigenvalue weighted by Gasteiger charge is -2.04. The molecule has 0 saturated carbocycles. The van der Waals surface area contributed by atoms with Crippen LogP contribution < -0.4 is 4.74 Å². The summed E-state index contributed by atoms with van der Waals surface area (Å²) in [5.74, 6) is -2.07. The third-order valence-electron chi connectivity index (χ3n) is 2.69. The molecule has 1 N–H and O–H groups in total. The number of nitrogens with zero attached hydrogens (tertiary/aromatic N) is 4. The Balaban J connectivity index is 1.96. The largest absolute Gasteiger partial charge is 0.482 e. The summed E-state index contributed by atoms with van der Waals surface area (Å²) >= 11 is 0.927. The van der Waals surface area contributed by atoms with E-state index in [2.05, 4.69) is 15.3 Å². The van der Waals surface area contributed by atoms with Crippen molar-refractivity contribution in [1.82, 2.24) is 19.8 Å². The minimum Gasteiger partial charge on any atom is -0.482 e. The van der Waals surface area contributed by atoms with Crippen LogP contribution in [0.15, 0.2) is 24.3 Å². The first-order valence-corrected chi connectivity index (χ1v) is 6.91. The van der Waals surface area contributed by atoms with E-state index < -0.39 is 24.6 Å². The zero-order valence-corrected chi connectivity index (χ0v) is 11.9. The molecule has 3 rings (SSSR count). The van der Waals surface area contributed by atoms with Crippen LogP contribution in [0.5, 0.6) is 5.75 Å². The fourth-order valence-corrected chi connectivity index (χ4v) is 2.61. The Kier molecular flexibility index (Phi) is 3.64. The van der Waals surface area contributed by atoms with Crippen LogP contribution in [-0.4, -0.2) is 37.5 Å². The minimum atomic E-state index is -4.66. The number of rotatable bonds is 4. The first-order valence-electron chi connectivity index (χ1n) is 6.09. The zero-order chi connectivity index (χ0) is 16.6. The summed E-state index contributed by atoms with van der Waals surface area (Å²) in [6.45, 7) is -0.521. The molecular weight excluding hydrogens is 337 g/mol. The summed E-state index contributed by atoms with van der Waals surface area (Å²) in [4.78, 5) is 10.5. The van der Waals surface area contributed by atoms with E-state index in [1.54, 1.807) is 12.1 Å². The second kappa shape index (κ2) is 5.50. The SMILES string of the molecule is O=C(O)COc1cccc(-c2nn3c(C(F)(F)F)nnc3s2)c1. The van der Waals surface area contributed by atoms with Crippen molar-refractivity contribution in [1.29, 1.82) is 0 Å². The molecule has 0 fully saturated rings. The van der Waals surface area contributed by atoms with E-state index in [1.165, 1.54) is 12.1 Å². The molecule has 0 unspecified atom stereocenters. The summed E-state index contributed by atoms with van der Waals surface area (Å²) in [5, 5.41) is 19.2. The van der Waals surface area contributed by atoms with Crippen LogP contribution in [-0.2, 0) is 11.0 Å². The van der Waals surface area contributed by atoms with Gasteiger partial charge in [0.25, 0.3) is 5.82 Å². The number of hydrogen-bond acceptors (Lipinski definition) is 6. The number of halogens is 3. The second-order valence-corrected chi connectivity index (χ2v) is 5.29. The Bertz CT molecular complexity index is 874. The molecule has 1 aromatic carbocycles. The third-order valence-corrected chi connectivity index (χ3v) is 3.64. The van der Waals surface area contributed by atoms with Crippen molar-refractivity contribution in [3.63, 3.8) is 0 Å². The number of alkyl halides is 3. The predicted octanol–water partition coefficient (Wildman–Crippen LogP) is 2.34. The van der Waals surface area contributed by atoms with Crippen molar-refractivity contribution in [2.75, 3.05) is 6.61 Å². The molecule has 11 heteroatoms. The van der Waals surface area contributed by atoms with Gasteiger partial charge in [0.05, 0.1) is 0 Å². The fraction of sp³-hybridized carbons (Fsp3) is 0.167. The summed E-state index contributed by atoms with van der Waals surface area (Å²) in [6.07, 6.45) is -4.66. The molecule has 7 nitrogen and oxygen atoms in total. The normalized spacial score (nSPS) is 11.8.